The van der Waals surface area contributed by atoms with Gasteiger partial charge < -0.3 is 10.6 Å². The van der Waals surface area contributed by atoms with Gasteiger partial charge in [-0.15, -0.1) is 0 Å². The number of hydrogen-bond acceptors (Lipinski definition) is 2. The summed E-state index contributed by atoms with van der Waals surface area (Å²) in [5, 5.41) is 5.50. The summed E-state index contributed by atoms with van der Waals surface area (Å²) in [6, 6.07) is 6.84. The number of benzene rings is 1. The minimum absolute atomic E-state index is 0.0777. The third kappa shape index (κ3) is 6.65. The Balaban J connectivity index is 2.52. The molecule has 0 saturated heterocycles. The zero-order valence-corrected chi connectivity index (χ0v) is 11.9. The first-order valence-electron chi connectivity index (χ1n) is 5.95. The average molecular weight is 309 g/mol. The summed E-state index contributed by atoms with van der Waals surface area (Å²) in [6.07, 6.45) is -4.48. The highest BCUT2D eigenvalue weighted by molar-refractivity contribution is 6.30. The fourth-order valence-corrected chi connectivity index (χ4v) is 1.76. The molecule has 0 bridgehead atoms. The molecule has 0 aliphatic rings. The van der Waals surface area contributed by atoms with Crippen LogP contribution < -0.4 is 10.6 Å². The maximum Gasteiger partial charge on any atom is 0.405 e. The van der Waals surface area contributed by atoms with Crippen LogP contribution in [0.4, 0.5) is 18.9 Å². The van der Waals surface area contributed by atoms with Crippen molar-refractivity contribution in [3.8, 4) is 0 Å². The van der Waals surface area contributed by atoms with Crippen molar-refractivity contribution < 1.29 is 18.0 Å². The number of carbonyl (C=O) groups excluding carboxylic acids is 1. The standard InChI is InChI=1S/C13H16ClF3N2O/c1-12(2,7-11(20)18-8-13(15,16)17)19-10-5-3-9(14)4-6-10/h3-6,19H,7-8H2,1-2H3,(H,18,20). The number of anilines is 1. The van der Waals surface area contributed by atoms with Crippen molar-refractivity contribution in [1.29, 1.82) is 0 Å². The topological polar surface area (TPSA) is 41.1 Å². The van der Waals surface area contributed by atoms with E-state index in [4.69, 9.17) is 11.6 Å². The van der Waals surface area contributed by atoms with Crippen LogP contribution in [-0.2, 0) is 4.79 Å². The Labute approximate surface area is 120 Å². The summed E-state index contributed by atoms with van der Waals surface area (Å²) in [7, 11) is 0. The molecular formula is C13H16ClF3N2O. The lowest BCUT2D eigenvalue weighted by molar-refractivity contribution is -0.138. The van der Waals surface area contributed by atoms with E-state index in [2.05, 4.69) is 5.32 Å². The molecule has 0 saturated carbocycles. The van der Waals surface area contributed by atoms with Gasteiger partial charge in [0.1, 0.15) is 6.54 Å². The van der Waals surface area contributed by atoms with Gasteiger partial charge in [0.2, 0.25) is 5.91 Å². The van der Waals surface area contributed by atoms with E-state index in [0.717, 1.165) is 5.69 Å². The van der Waals surface area contributed by atoms with Crippen LogP contribution >= 0.6 is 11.6 Å². The maximum atomic E-state index is 12.0. The molecule has 0 unspecified atom stereocenters. The number of halogens is 4. The van der Waals surface area contributed by atoms with Gasteiger partial charge in [0.25, 0.3) is 0 Å². The van der Waals surface area contributed by atoms with Gasteiger partial charge in [0.15, 0.2) is 0 Å². The van der Waals surface area contributed by atoms with Crippen LogP contribution in [0.1, 0.15) is 20.3 Å². The Morgan fingerprint density at radius 2 is 1.75 bits per heavy atom. The third-order valence-corrected chi connectivity index (χ3v) is 2.67. The molecule has 3 nitrogen and oxygen atoms in total. The quantitative estimate of drug-likeness (QED) is 0.872. The Morgan fingerprint density at radius 1 is 1.20 bits per heavy atom. The zero-order chi connectivity index (χ0) is 15.4. The van der Waals surface area contributed by atoms with Crippen LogP contribution in [0.2, 0.25) is 5.02 Å². The summed E-state index contributed by atoms with van der Waals surface area (Å²) < 4.78 is 36.0. The van der Waals surface area contributed by atoms with E-state index in [1.807, 2.05) is 5.32 Å². The van der Waals surface area contributed by atoms with Crippen LogP contribution in [-0.4, -0.2) is 24.2 Å². The first-order valence-corrected chi connectivity index (χ1v) is 6.32. The van der Waals surface area contributed by atoms with Gasteiger partial charge in [-0.25, -0.2) is 0 Å². The lowest BCUT2D eigenvalue weighted by atomic mass is 9.99. The maximum absolute atomic E-state index is 12.0. The fraction of sp³-hybridized carbons (Fsp3) is 0.462. The van der Waals surface area contributed by atoms with Crippen LogP contribution in [0.3, 0.4) is 0 Å². The van der Waals surface area contributed by atoms with Crippen molar-refractivity contribution in [1.82, 2.24) is 5.32 Å². The molecule has 1 amide bonds. The predicted molar refractivity (Wildman–Crippen MR) is 72.8 cm³/mol. The van der Waals surface area contributed by atoms with E-state index < -0.39 is 24.2 Å². The summed E-state index contributed by atoms with van der Waals surface area (Å²) in [4.78, 5) is 11.5. The average Bonchev–Trinajstić information content (AvgIpc) is 2.28. The Hall–Kier alpha value is -1.43. The molecule has 112 valence electrons. The normalized spacial score (nSPS) is 12.1. The second-order valence-corrected chi connectivity index (χ2v) is 5.52. The molecule has 0 aliphatic carbocycles. The lowest BCUT2D eigenvalue weighted by Gasteiger charge is -2.27. The smallest absolute Gasteiger partial charge is 0.380 e. The number of amides is 1. The monoisotopic (exact) mass is 308 g/mol. The molecule has 0 atom stereocenters. The van der Waals surface area contributed by atoms with E-state index in [9.17, 15) is 18.0 Å². The molecule has 0 aromatic heterocycles. The van der Waals surface area contributed by atoms with Crippen LogP contribution in [0.5, 0.6) is 0 Å². The summed E-state index contributed by atoms with van der Waals surface area (Å²) in [5.74, 6) is -0.659. The van der Waals surface area contributed by atoms with Crippen molar-refractivity contribution >= 4 is 23.2 Å². The Kier molecular flexibility index (Phi) is 5.28. The van der Waals surface area contributed by atoms with Crippen molar-refractivity contribution in [3.63, 3.8) is 0 Å². The highest BCUT2D eigenvalue weighted by atomic mass is 35.5. The second-order valence-electron chi connectivity index (χ2n) is 5.08. The number of rotatable bonds is 5. The van der Waals surface area contributed by atoms with Gasteiger partial charge in [0.05, 0.1) is 0 Å². The molecule has 7 heteroatoms. The van der Waals surface area contributed by atoms with Crippen molar-refractivity contribution in [2.45, 2.75) is 32.0 Å². The molecule has 20 heavy (non-hydrogen) atoms. The highest BCUT2D eigenvalue weighted by Gasteiger charge is 2.29. The van der Waals surface area contributed by atoms with Crippen molar-refractivity contribution in [3.05, 3.63) is 29.3 Å². The molecule has 0 spiro atoms. The van der Waals surface area contributed by atoms with Crippen LogP contribution in [0.15, 0.2) is 24.3 Å². The second kappa shape index (κ2) is 6.35. The SMILES string of the molecule is CC(C)(CC(=O)NCC(F)(F)F)Nc1ccc(Cl)cc1. The highest BCUT2D eigenvalue weighted by Crippen LogP contribution is 2.20. The fourth-order valence-electron chi connectivity index (χ4n) is 1.63. The van der Waals surface area contributed by atoms with E-state index >= 15 is 0 Å². The number of alkyl halides is 3. The molecule has 1 aromatic rings. The molecule has 0 radical (unpaired) electrons. The molecule has 1 aromatic carbocycles. The van der Waals surface area contributed by atoms with Gasteiger partial charge in [-0.05, 0) is 38.1 Å². The summed E-state index contributed by atoms with van der Waals surface area (Å²) >= 11 is 5.75. The molecule has 0 fully saturated rings. The minimum atomic E-state index is -4.40. The van der Waals surface area contributed by atoms with Crippen LogP contribution in [0, 0.1) is 0 Å². The molecule has 0 aliphatic heterocycles. The summed E-state index contributed by atoms with van der Waals surface area (Å²) in [6.45, 7) is 2.15. The molecule has 0 heterocycles. The number of hydrogen-bond donors (Lipinski definition) is 2. The first-order chi connectivity index (χ1) is 9.07. The minimum Gasteiger partial charge on any atom is -0.380 e. The Morgan fingerprint density at radius 3 is 2.25 bits per heavy atom. The van der Waals surface area contributed by atoms with Crippen molar-refractivity contribution in [2.24, 2.45) is 0 Å². The van der Waals surface area contributed by atoms with Gasteiger partial charge in [-0.3, -0.25) is 4.79 Å². The Bertz CT molecular complexity index is 458. The zero-order valence-electron chi connectivity index (χ0n) is 11.1. The van der Waals surface area contributed by atoms with Gasteiger partial charge >= 0.3 is 6.18 Å². The molecule has 1 rings (SSSR count). The largest absolute Gasteiger partial charge is 0.405 e. The van der Waals surface area contributed by atoms with Gasteiger partial charge in [0, 0.05) is 22.7 Å². The molecular weight excluding hydrogens is 293 g/mol. The predicted octanol–water partition coefficient (Wildman–Crippen LogP) is 3.60. The van der Waals surface area contributed by atoms with E-state index in [0.29, 0.717) is 5.02 Å². The van der Waals surface area contributed by atoms with Gasteiger partial charge in [-0.2, -0.15) is 13.2 Å². The number of nitrogens with one attached hydrogen (secondary N) is 2. The third-order valence-electron chi connectivity index (χ3n) is 2.42. The van der Waals surface area contributed by atoms with E-state index in [-0.39, 0.29) is 6.42 Å². The van der Waals surface area contributed by atoms with E-state index in [1.165, 1.54) is 0 Å². The number of carbonyl (C=O) groups is 1. The summed E-state index contributed by atoms with van der Waals surface area (Å²) in [5.41, 5.74) is 0.0618. The van der Waals surface area contributed by atoms with E-state index in [1.54, 1.807) is 38.1 Å². The first kappa shape index (κ1) is 16.6. The van der Waals surface area contributed by atoms with Gasteiger partial charge in [-0.1, -0.05) is 11.6 Å². The lowest BCUT2D eigenvalue weighted by Crippen LogP contribution is -2.41. The molecule has 2 N–H and O–H groups in total. The van der Waals surface area contributed by atoms with Crippen molar-refractivity contribution in [2.75, 3.05) is 11.9 Å². The van der Waals surface area contributed by atoms with Crippen LogP contribution in [0.25, 0.3) is 0 Å².